The maximum Gasteiger partial charge on any atom is 0.224 e. The van der Waals surface area contributed by atoms with Gasteiger partial charge in [0.2, 0.25) is 11.8 Å². The molecule has 0 aliphatic carbocycles. The van der Waals surface area contributed by atoms with Crippen molar-refractivity contribution in [3.8, 4) is 0 Å². The summed E-state index contributed by atoms with van der Waals surface area (Å²) < 4.78 is 0. The van der Waals surface area contributed by atoms with Crippen LogP contribution in [0, 0.1) is 5.92 Å². The highest BCUT2D eigenvalue weighted by Gasteiger charge is 2.05. The maximum absolute atomic E-state index is 11.5. The monoisotopic (exact) mass is 234 g/mol. The molecule has 2 amide bonds. The maximum atomic E-state index is 11.5. The summed E-state index contributed by atoms with van der Waals surface area (Å²) in [5, 5.41) is 5.47. The van der Waals surface area contributed by atoms with Gasteiger partial charge in [0, 0.05) is 24.7 Å². The first-order valence-electron chi connectivity index (χ1n) is 5.65. The Kier molecular flexibility index (Phi) is 4.69. The molecule has 0 bridgehead atoms. The van der Waals surface area contributed by atoms with E-state index in [1.165, 1.54) is 6.92 Å². The van der Waals surface area contributed by atoms with Crippen LogP contribution in [0.3, 0.4) is 0 Å². The van der Waals surface area contributed by atoms with Crippen LogP contribution < -0.4 is 10.6 Å². The highest BCUT2D eigenvalue weighted by Crippen LogP contribution is 2.14. The van der Waals surface area contributed by atoms with Gasteiger partial charge in [-0.05, 0) is 30.2 Å². The number of benzene rings is 1. The van der Waals surface area contributed by atoms with Gasteiger partial charge >= 0.3 is 0 Å². The summed E-state index contributed by atoms with van der Waals surface area (Å²) in [4.78, 5) is 22.3. The summed E-state index contributed by atoms with van der Waals surface area (Å²) in [5.41, 5.74) is 1.46. The second-order valence-electron chi connectivity index (χ2n) is 4.40. The molecule has 4 heteroatoms. The van der Waals surface area contributed by atoms with Gasteiger partial charge in [-0.25, -0.2) is 0 Å². The highest BCUT2D eigenvalue weighted by molar-refractivity contribution is 5.92. The van der Waals surface area contributed by atoms with Crippen LogP contribution in [-0.4, -0.2) is 11.8 Å². The van der Waals surface area contributed by atoms with Crippen molar-refractivity contribution >= 4 is 23.2 Å². The van der Waals surface area contributed by atoms with Crippen molar-refractivity contribution in [2.75, 3.05) is 10.6 Å². The lowest BCUT2D eigenvalue weighted by Crippen LogP contribution is -2.13. The van der Waals surface area contributed by atoms with E-state index < -0.39 is 0 Å². The SMILES string of the molecule is CC(=O)Nc1ccc(NC(=O)CC(C)C)cc1. The minimum Gasteiger partial charge on any atom is -0.326 e. The van der Waals surface area contributed by atoms with Crippen LogP contribution in [0.4, 0.5) is 11.4 Å². The van der Waals surface area contributed by atoms with Gasteiger partial charge in [-0.15, -0.1) is 0 Å². The largest absolute Gasteiger partial charge is 0.326 e. The molecule has 92 valence electrons. The number of rotatable bonds is 4. The summed E-state index contributed by atoms with van der Waals surface area (Å²) in [5.74, 6) is 0.238. The predicted octanol–water partition coefficient (Wildman–Crippen LogP) is 2.63. The average molecular weight is 234 g/mol. The minimum absolute atomic E-state index is 0.00674. The van der Waals surface area contributed by atoms with Gasteiger partial charge in [0.05, 0.1) is 0 Å². The molecule has 1 aromatic carbocycles. The van der Waals surface area contributed by atoms with E-state index in [9.17, 15) is 9.59 Å². The fourth-order valence-electron chi connectivity index (χ4n) is 1.42. The van der Waals surface area contributed by atoms with E-state index in [4.69, 9.17) is 0 Å². The molecule has 1 aromatic rings. The fraction of sp³-hybridized carbons (Fsp3) is 0.385. The molecule has 0 aromatic heterocycles. The van der Waals surface area contributed by atoms with Crippen LogP contribution in [0.25, 0.3) is 0 Å². The third kappa shape index (κ3) is 5.15. The van der Waals surface area contributed by atoms with Crippen molar-refractivity contribution < 1.29 is 9.59 Å². The quantitative estimate of drug-likeness (QED) is 0.841. The van der Waals surface area contributed by atoms with E-state index in [1.807, 2.05) is 13.8 Å². The van der Waals surface area contributed by atoms with Gasteiger partial charge in [-0.2, -0.15) is 0 Å². The predicted molar refractivity (Wildman–Crippen MR) is 68.8 cm³/mol. The summed E-state index contributed by atoms with van der Waals surface area (Å²) in [6.45, 7) is 5.46. The zero-order valence-electron chi connectivity index (χ0n) is 10.4. The molecule has 0 aliphatic heterocycles. The van der Waals surface area contributed by atoms with E-state index in [0.717, 1.165) is 11.4 Å². The second kappa shape index (κ2) is 6.03. The van der Waals surface area contributed by atoms with Crippen molar-refractivity contribution in [1.29, 1.82) is 0 Å². The number of carbonyl (C=O) groups is 2. The number of hydrogen-bond acceptors (Lipinski definition) is 2. The Morgan fingerprint density at radius 2 is 1.53 bits per heavy atom. The van der Waals surface area contributed by atoms with Crippen LogP contribution in [0.1, 0.15) is 27.2 Å². The lowest BCUT2D eigenvalue weighted by Gasteiger charge is -2.08. The molecule has 0 unspecified atom stereocenters. The van der Waals surface area contributed by atoms with E-state index in [-0.39, 0.29) is 11.8 Å². The Bertz CT molecular complexity index is 396. The second-order valence-corrected chi connectivity index (χ2v) is 4.40. The van der Waals surface area contributed by atoms with Crippen molar-refractivity contribution in [3.63, 3.8) is 0 Å². The summed E-state index contributed by atoms with van der Waals surface area (Å²) >= 11 is 0. The molecule has 4 nitrogen and oxygen atoms in total. The Balaban J connectivity index is 2.56. The molecule has 0 spiro atoms. The third-order valence-electron chi connectivity index (χ3n) is 2.08. The van der Waals surface area contributed by atoms with E-state index in [2.05, 4.69) is 10.6 Å². The highest BCUT2D eigenvalue weighted by atomic mass is 16.2. The van der Waals surface area contributed by atoms with Crippen LogP contribution in [0.5, 0.6) is 0 Å². The Morgan fingerprint density at radius 1 is 1.06 bits per heavy atom. The van der Waals surface area contributed by atoms with E-state index >= 15 is 0 Å². The van der Waals surface area contributed by atoms with Gasteiger partial charge in [-0.1, -0.05) is 13.8 Å². The van der Waals surface area contributed by atoms with Crippen molar-refractivity contribution in [1.82, 2.24) is 0 Å². The smallest absolute Gasteiger partial charge is 0.224 e. The lowest BCUT2D eigenvalue weighted by atomic mass is 10.1. The topological polar surface area (TPSA) is 58.2 Å². The first-order valence-corrected chi connectivity index (χ1v) is 5.65. The average Bonchev–Trinajstić information content (AvgIpc) is 2.18. The van der Waals surface area contributed by atoms with Crippen LogP contribution in [0.2, 0.25) is 0 Å². The normalized spacial score (nSPS) is 10.1. The summed E-state index contributed by atoms with van der Waals surface area (Å²) in [6.07, 6.45) is 0.507. The standard InChI is InChI=1S/C13H18N2O2/c1-9(2)8-13(17)15-12-6-4-11(5-7-12)14-10(3)16/h4-7,9H,8H2,1-3H3,(H,14,16)(H,15,17). The molecule has 0 fully saturated rings. The first kappa shape index (κ1) is 13.2. The number of anilines is 2. The van der Waals surface area contributed by atoms with Crippen molar-refractivity contribution in [2.24, 2.45) is 5.92 Å². The van der Waals surface area contributed by atoms with E-state index in [1.54, 1.807) is 24.3 Å². The molecule has 0 radical (unpaired) electrons. The number of carbonyl (C=O) groups excluding carboxylic acids is 2. The van der Waals surface area contributed by atoms with Gasteiger partial charge < -0.3 is 10.6 Å². The molecule has 0 aliphatic rings. The minimum atomic E-state index is -0.110. The van der Waals surface area contributed by atoms with Gasteiger partial charge in [0.15, 0.2) is 0 Å². The Morgan fingerprint density at radius 3 is 1.94 bits per heavy atom. The van der Waals surface area contributed by atoms with Gasteiger partial charge in [-0.3, -0.25) is 9.59 Å². The Labute approximate surface area is 101 Å². The molecule has 2 N–H and O–H groups in total. The lowest BCUT2D eigenvalue weighted by molar-refractivity contribution is -0.117. The Hall–Kier alpha value is -1.84. The molecule has 0 heterocycles. The zero-order chi connectivity index (χ0) is 12.8. The molecule has 0 saturated heterocycles. The van der Waals surface area contributed by atoms with Gasteiger partial charge in [0.1, 0.15) is 0 Å². The molecular weight excluding hydrogens is 216 g/mol. The number of amides is 2. The molecule has 17 heavy (non-hydrogen) atoms. The van der Waals surface area contributed by atoms with Crippen LogP contribution >= 0.6 is 0 Å². The summed E-state index contributed by atoms with van der Waals surface area (Å²) in [6, 6.07) is 7.05. The molecular formula is C13H18N2O2. The third-order valence-corrected chi connectivity index (χ3v) is 2.08. The number of hydrogen-bond donors (Lipinski definition) is 2. The fourth-order valence-corrected chi connectivity index (χ4v) is 1.42. The van der Waals surface area contributed by atoms with Crippen LogP contribution in [0.15, 0.2) is 24.3 Å². The molecule has 0 saturated carbocycles. The van der Waals surface area contributed by atoms with Crippen LogP contribution in [-0.2, 0) is 9.59 Å². The van der Waals surface area contributed by atoms with Gasteiger partial charge in [0.25, 0.3) is 0 Å². The number of nitrogens with one attached hydrogen (secondary N) is 2. The van der Waals surface area contributed by atoms with E-state index in [0.29, 0.717) is 12.3 Å². The van der Waals surface area contributed by atoms with Crippen molar-refractivity contribution in [3.05, 3.63) is 24.3 Å². The molecule has 1 rings (SSSR count). The summed E-state index contributed by atoms with van der Waals surface area (Å²) in [7, 11) is 0. The first-order chi connectivity index (χ1) is 7.97. The van der Waals surface area contributed by atoms with Crippen molar-refractivity contribution in [2.45, 2.75) is 27.2 Å². The molecule has 0 atom stereocenters. The zero-order valence-corrected chi connectivity index (χ0v) is 10.4.